The molecule has 15 heavy (non-hydrogen) atoms. The Kier molecular flexibility index (Phi) is 3.86. The zero-order valence-electron chi connectivity index (χ0n) is 9.28. The Balaban J connectivity index is 3.45. The van der Waals surface area contributed by atoms with E-state index in [1.54, 1.807) is 12.1 Å². The minimum Gasteiger partial charge on any atom is -0.493 e. The molecular formula is C12H16O3. The minimum absolute atomic E-state index is 0.244. The van der Waals surface area contributed by atoms with Crippen molar-refractivity contribution in [3.8, 4) is 5.75 Å². The summed E-state index contributed by atoms with van der Waals surface area (Å²) in [4.78, 5) is 11.7. The van der Waals surface area contributed by atoms with Gasteiger partial charge < -0.3 is 9.84 Å². The third-order valence-corrected chi connectivity index (χ3v) is 2.35. The van der Waals surface area contributed by atoms with Crippen molar-refractivity contribution in [1.29, 1.82) is 0 Å². The first kappa shape index (κ1) is 11.7. The van der Waals surface area contributed by atoms with E-state index in [9.17, 15) is 4.79 Å². The molecule has 0 heterocycles. The third kappa shape index (κ3) is 2.57. The van der Waals surface area contributed by atoms with Crippen molar-refractivity contribution < 1.29 is 9.84 Å². The molecule has 3 nitrogen and oxygen atoms in total. The summed E-state index contributed by atoms with van der Waals surface area (Å²) in [5.41, 5.74) is 1.13. The van der Waals surface area contributed by atoms with Gasteiger partial charge in [-0.25, -0.2) is 0 Å². The lowest BCUT2D eigenvalue weighted by Gasteiger charge is -2.02. The summed E-state index contributed by atoms with van der Waals surface area (Å²) in [7, 11) is 1.46. The molecule has 1 N–H and O–H groups in total. The Morgan fingerprint density at radius 1 is 1.40 bits per heavy atom. The summed E-state index contributed by atoms with van der Waals surface area (Å²) in [6, 6.07) is 5.23. The average Bonchev–Trinajstić information content (AvgIpc) is 2.37. The van der Waals surface area contributed by atoms with E-state index in [4.69, 9.17) is 9.84 Å². The molecule has 0 atom stereocenters. The van der Waals surface area contributed by atoms with Crippen LogP contribution >= 0.6 is 0 Å². The molecule has 0 spiro atoms. The van der Waals surface area contributed by atoms with Gasteiger partial charge in [0.1, 0.15) is 0 Å². The first-order valence-corrected chi connectivity index (χ1v) is 4.92. The molecular weight excluding hydrogens is 192 g/mol. The monoisotopic (exact) mass is 208 g/mol. The smallest absolute Gasteiger partial charge is 0.225 e. The Bertz CT molecular complexity index is 397. The second kappa shape index (κ2) is 4.94. The normalized spacial score (nSPS) is 10.5. The third-order valence-electron chi connectivity index (χ3n) is 2.35. The maximum absolute atomic E-state index is 11.7. The van der Waals surface area contributed by atoms with E-state index in [2.05, 4.69) is 0 Å². The zero-order chi connectivity index (χ0) is 11.4. The van der Waals surface area contributed by atoms with Gasteiger partial charge in [0.15, 0.2) is 5.75 Å². The van der Waals surface area contributed by atoms with Crippen molar-refractivity contribution in [2.75, 3.05) is 7.11 Å². The molecule has 0 bridgehead atoms. The predicted octanol–water partition coefficient (Wildman–Crippen LogP) is 1.67. The van der Waals surface area contributed by atoms with Gasteiger partial charge in [-0.3, -0.25) is 4.79 Å². The predicted molar refractivity (Wildman–Crippen MR) is 59.3 cm³/mol. The fourth-order valence-corrected chi connectivity index (χ4v) is 1.33. The van der Waals surface area contributed by atoms with Crippen molar-refractivity contribution in [2.45, 2.75) is 26.4 Å². The highest BCUT2D eigenvalue weighted by Gasteiger charge is 2.06. The van der Waals surface area contributed by atoms with E-state index in [1.165, 1.54) is 7.11 Å². The van der Waals surface area contributed by atoms with Gasteiger partial charge in [0.25, 0.3) is 0 Å². The van der Waals surface area contributed by atoms with Crippen LogP contribution in [0.25, 0.3) is 0 Å². The number of methoxy groups -OCH3 is 1. The van der Waals surface area contributed by atoms with Crippen LogP contribution in [0, 0.1) is 0 Å². The van der Waals surface area contributed by atoms with Crippen LogP contribution in [-0.2, 0) is 6.61 Å². The lowest BCUT2D eigenvalue weighted by Crippen LogP contribution is -2.08. The number of hydrogen-bond donors (Lipinski definition) is 1. The standard InChI is InChI=1S/C12H16O3/c1-8(2)9-4-5-10(7-13)12(14)11(6-9)15-3/h4-6,8,13H,7H2,1-3H3. The van der Waals surface area contributed by atoms with Crippen molar-refractivity contribution in [2.24, 2.45) is 0 Å². The molecule has 0 amide bonds. The fraction of sp³-hybridized carbons (Fsp3) is 0.417. The van der Waals surface area contributed by atoms with Gasteiger partial charge in [-0.1, -0.05) is 26.0 Å². The molecule has 0 aliphatic carbocycles. The van der Waals surface area contributed by atoms with Crippen LogP contribution in [-0.4, -0.2) is 12.2 Å². The van der Waals surface area contributed by atoms with Gasteiger partial charge in [-0.05, 0) is 17.5 Å². The second-order valence-electron chi connectivity index (χ2n) is 3.71. The van der Waals surface area contributed by atoms with E-state index in [0.29, 0.717) is 11.5 Å². The van der Waals surface area contributed by atoms with Crippen LogP contribution in [0.2, 0.25) is 0 Å². The molecule has 0 unspecified atom stereocenters. The average molecular weight is 208 g/mol. The molecule has 1 aromatic carbocycles. The molecule has 1 rings (SSSR count). The van der Waals surface area contributed by atoms with Crippen LogP contribution in [0.1, 0.15) is 30.9 Å². The van der Waals surface area contributed by atoms with E-state index in [1.807, 2.05) is 19.9 Å². The number of hydrogen-bond acceptors (Lipinski definition) is 3. The maximum atomic E-state index is 11.7. The van der Waals surface area contributed by atoms with Gasteiger partial charge in [0, 0.05) is 5.56 Å². The largest absolute Gasteiger partial charge is 0.493 e. The van der Waals surface area contributed by atoms with Gasteiger partial charge in [-0.2, -0.15) is 0 Å². The quantitative estimate of drug-likeness (QED) is 0.822. The highest BCUT2D eigenvalue weighted by molar-refractivity contribution is 5.32. The van der Waals surface area contributed by atoms with Crippen LogP contribution in [0.4, 0.5) is 0 Å². The van der Waals surface area contributed by atoms with Gasteiger partial charge in [0.05, 0.1) is 13.7 Å². The van der Waals surface area contributed by atoms with E-state index in [0.717, 1.165) is 5.56 Å². The van der Waals surface area contributed by atoms with Gasteiger partial charge in [-0.15, -0.1) is 0 Å². The Morgan fingerprint density at radius 2 is 2.07 bits per heavy atom. The summed E-state index contributed by atoms with van der Waals surface area (Å²) in [6.45, 7) is 3.82. The van der Waals surface area contributed by atoms with Crippen LogP contribution in [0.3, 0.4) is 0 Å². The first-order valence-electron chi connectivity index (χ1n) is 4.92. The Hall–Kier alpha value is -1.35. The van der Waals surface area contributed by atoms with Crippen molar-refractivity contribution in [3.05, 3.63) is 39.5 Å². The minimum atomic E-state index is -0.262. The van der Waals surface area contributed by atoms with E-state index < -0.39 is 0 Å². The van der Waals surface area contributed by atoms with Crippen molar-refractivity contribution in [3.63, 3.8) is 0 Å². The molecule has 0 radical (unpaired) electrons. The lowest BCUT2D eigenvalue weighted by molar-refractivity contribution is 0.280. The van der Waals surface area contributed by atoms with Crippen LogP contribution < -0.4 is 10.2 Å². The van der Waals surface area contributed by atoms with Crippen molar-refractivity contribution in [1.82, 2.24) is 0 Å². The lowest BCUT2D eigenvalue weighted by atomic mass is 10.1. The summed E-state index contributed by atoms with van der Waals surface area (Å²) >= 11 is 0. The molecule has 0 aromatic heterocycles. The SMILES string of the molecule is COc1cc(C(C)C)ccc(CO)c1=O. The molecule has 0 saturated heterocycles. The Morgan fingerprint density at radius 3 is 2.53 bits per heavy atom. The molecule has 0 aliphatic heterocycles. The van der Waals surface area contributed by atoms with Crippen LogP contribution in [0.5, 0.6) is 5.75 Å². The second-order valence-corrected chi connectivity index (χ2v) is 3.71. The summed E-state index contributed by atoms with van der Waals surface area (Å²) < 4.78 is 5.01. The van der Waals surface area contributed by atoms with Gasteiger partial charge in [0.2, 0.25) is 5.43 Å². The van der Waals surface area contributed by atoms with E-state index >= 15 is 0 Å². The van der Waals surface area contributed by atoms with Gasteiger partial charge >= 0.3 is 0 Å². The summed E-state index contributed by atoms with van der Waals surface area (Å²) in [5.74, 6) is 0.602. The first-order chi connectivity index (χ1) is 7.10. The summed E-state index contributed by atoms with van der Waals surface area (Å²) in [6.07, 6.45) is 0. The molecule has 0 saturated carbocycles. The molecule has 82 valence electrons. The highest BCUT2D eigenvalue weighted by atomic mass is 16.5. The topological polar surface area (TPSA) is 46.5 Å². The van der Waals surface area contributed by atoms with E-state index in [-0.39, 0.29) is 17.8 Å². The summed E-state index contributed by atoms with van der Waals surface area (Å²) in [5, 5.41) is 9.02. The molecule has 0 fully saturated rings. The zero-order valence-corrected chi connectivity index (χ0v) is 9.28. The maximum Gasteiger partial charge on any atom is 0.225 e. The molecule has 1 aromatic rings. The van der Waals surface area contributed by atoms with Crippen molar-refractivity contribution >= 4 is 0 Å². The van der Waals surface area contributed by atoms with Crippen LogP contribution in [0.15, 0.2) is 23.0 Å². The highest BCUT2D eigenvalue weighted by Crippen LogP contribution is 2.16. The molecule has 3 heteroatoms. The fourth-order valence-electron chi connectivity index (χ4n) is 1.33. The number of aliphatic hydroxyl groups excluding tert-OH is 1. The Labute approximate surface area is 89.3 Å². The number of rotatable bonds is 3. The molecule has 0 aliphatic rings. The number of ether oxygens (including phenoxy) is 1. The number of aliphatic hydroxyl groups is 1.